The summed E-state index contributed by atoms with van der Waals surface area (Å²) in [7, 11) is 0. The summed E-state index contributed by atoms with van der Waals surface area (Å²) in [5.41, 5.74) is 1.91. The van der Waals surface area contributed by atoms with Gasteiger partial charge in [0.05, 0.1) is 6.61 Å². The van der Waals surface area contributed by atoms with Gasteiger partial charge < -0.3 is 15.3 Å². The van der Waals surface area contributed by atoms with Gasteiger partial charge in [0.1, 0.15) is 5.71 Å². The Kier molecular flexibility index (Phi) is 14.6. The van der Waals surface area contributed by atoms with Gasteiger partial charge in [-0.2, -0.15) is 0 Å². The first-order valence-electron chi connectivity index (χ1n) is 13.1. The number of ketones is 1. The molecule has 0 saturated heterocycles. The van der Waals surface area contributed by atoms with Gasteiger partial charge in [-0.05, 0) is 61.4 Å². The second-order valence-corrected chi connectivity index (χ2v) is 10.0. The molecule has 0 aliphatic carbocycles. The second kappa shape index (κ2) is 17.7. The minimum Gasteiger partial charge on any atom is -0.395 e. The average molecular weight is 512 g/mol. The molecule has 196 valence electrons. The first-order valence-corrected chi connectivity index (χ1v) is 13.9. The normalized spacial score (nSPS) is 11.4. The highest BCUT2D eigenvalue weighted by Gasteiger charge is 2.15. The van der Waals surface area contributed by atoms with Crippen LogP contribution in [0.5, 0.6) is 0 Å². The number of rotatable bonds is 18. The lowest BCUT2D eigenvalue weighted by Crippen LogP contribution is -2.15. The van der Waals surface area contributed by atoms with E-state index in [2.05, 4.69) is 17.4 Å². The lowest BCUT2D eigenvalue weighted by atomic mass is 10.0. The summed E-state index contributed by atoms with van der Waals surface area (Å²) in [5, 5.41) is 23.5. The number of nitrogens with one attached hydrogen (secondary N) is 2. The molecule has 36 heavy (non-hydrogen) atoms. The highest BCUT2D eigenvalue weighted by Crippen LogP contribution is 2.29. The summed E-state index contributed by atoms with van der Waals surface area (Å²) in [5.74, 6) is -0.177. The maximum Gasteiger partial charge on any atom is 0.214 e. The molecular weight excluding hydrogens is 470 g/mol. The quantitative estimate of drug-likeness (QED) is 0.0626. The summed E-state index contributed by atoms with van der Waals surface area (Å²) >= 11 is 1.62. The summed E-state index contributed by atoms with van der Waals surface area (Å²) in [6.07, 6.45) is 11.4. The van der Waals surface area contributed by atoms with Crippen molar-refractivity contribution in [1.29, 1.82) is 5.41 Å². The van der Waals surface area contributed by atoms with Crippen molar-refractivity contribution in [2.75, 3.05) is 18.5 Å². The molecule has 3 N–H and O–H groups in total. The molecule has 0 amide bonds. The van der Waals surface area contributed by atoms with Gasteiger partial charge in [0.2, 0.25) is 11.7 Å². The highest BCUT2D eigenvalue weighted by atomic mass is 32.2. The van der Waals surface area contributed by atoms with Crippen LogP contribution in [-0.4, -0.2) is 35.7 Å². The van der Waals surface area contributed by atoms with Gasteiger partial charge in [-0.25, -0.2) is 0 Å². The number of oxime groups is 1. The molecule has 0 spiro atoms. The van der Waals surface area contributed by atoms with Crippen molar-refractivity contribution in [3.8, 4) is 0 Å². The smallest absolute Gasteiger partial charge is 0.214 e. The van der Waals surface area contributed by atoms with Crippen LogP contribution in [-0.2, 0) is 4.84 Å². The zero-order chi connectivity index (χ0) is 26.0. The van der Waals surface area contributed by atoms with E-state index in [9.17, 15) is 4.79 Å². The fourth-order valence-corrected chi connectivity index (χ4v) is 4.56. The number of hydrogen-bond donors (Lipinski definition) is 3. The van der Waals surface area contributed by atoms with E-state index in [4.69, 9.17) is 15.4 Å². The van der Waals surface area contributed by atoms with Crippen molar-refractivity contribution in [2.45, 2.75) is 87.8 Å². The van der Waals surface area contributed by atoms with Crippen LogP contribution in [0.25, 0.3) is 0 Å². The van der Waals surface area contributed by atoms with Gasteiger partial charge in [-0.3, -0.25) is 10.2 Å². The monoisotopic (exact) mass is 511 g/mol. The minimum absolute atomic E-state index is 0.0308. The van der Waals surface area contributed by atoms with Crippen molar-refractivity contribution in [1.82, 2.24) is 0 Å². The third-order valence-electron chi connectivity index (χ3n) is 5.72. The highest BCUT2D eigenvalue weighted by molar-refractivity contribution is 7.99. The molecule has 2 rings (SSSR count). The van der Waals surface area contributed by atoms with Crippen LogP contribution in [0.4, 0.5) is 5.69 Å². The molecule has 7 heteroatoms. The molecular formula is C29H41N3O3S. The van der Waals surface area contributed by atoms with Crippen LogP contribution in [0, 0.1) is 5.41 Å². The molecule has 0 radical (unpaired) electrons. The fourth-order valence-electron chi connectivity index (χ4n) is 3.75. The molecule has 0 unspecified atom stereocenters. The van der Waals surface area contributed by atoms with Gasteiger partial charge in [0.25, 0.3) is 0 Å². The summed E-state index contributed by atoms with van der Waals surface area (Å²) in [4.78, 5) is 20.3. The Bertz CT molecular complexity index is 943. The van der Waals surface area contributed by atoms with Gasteiger partial charge in [-0.15, -0.1) is 0 Å². The SMILES string of the molecule is CCCCCCCCCCC/C(=N\OC(C)=N)C(=O)c1ccc(Sc2ccc(NCCO)cc2)cc1. The van der Waals surface area contributed by atoms with Crippen molar-refractivity contribution in [3.05, 3.63) is 54.1 Å². The molecule has 0 aliphatic rings. The number of benzene rings is 2. The first-order chi connectivity index (χ1) is 17.5. The van der Waals surface area contributed by atoms with Crippen LogP contribution < -0.4 is 5.32 Å². The number of carbonyl (C=O) groups is 1. The van der Waals surface area contributed by atoms with E-state index >= 15 is 0 Å². The lowest BCUT2D eigenvalue weighted by Gasteiger charge is -2.08. The molecule has 0 aromatic heterocycles. The molecule has 0 bridgehead atoms. The zero-order valence-electron chi connectivity index (χ0n) is 21.7. The number of unbranched alkanes of at least 4 members (excludes halogenated alkanes) is 8. The minimum atomic E-state index is -0.147. The zero-order valence-corrected chi connectivity index (χ0v) is 22.5. The number of hydrogen-bond acceptors (Lipinski definition) is 7. The average Bonchev–Trinajstić information content (AvgIpc) is 2.89. The van der Waals surface area contributed by atoms with E-state index in [1.807, 2.05) is 48.5 Å². The summed E-state index contributed by atoms with van der Waals surface area (Å²) < 4.78 is 0. The number of aliphatic hydroxyl groups is 1. The van der Waals surface area contributed by atoms with Crippen molar-refractivity contribution < 1.29 is 14.7 Å². The Hall–Kier alpha value is -2.64. The predicted molar refractivity (Wildman–Crippen MR) is 151 cm³/mol. The Morgan fingerprint density at radius 3 is 2.03 bits per heavy atom. The summed E-state index contributed by atoms with van der Waals surface area (Å²) in [6, 6.07) is 15.5. The van der Waals surface area contributed by atoms with E-state index in [0.29, 0.717) is 24.2 Å². The van der Waals surface area contributed by atoms with Crippen LogP contribution in [0.2, 0.25) is 0 Å². The van der Waals surface area contributed by atoms with Crippen molar-refractivity contribution in [3.63, 3.8) is 0 Å². The van der Waals surface area contributed by atoms with Crippen LogP contribution in [0.1, 0.15) is 88.4 Å². The fraction of sp³-hybridized carbons (Fsp3) is 0.483. The summed E-state index contributed by atoms with van der Waals surface area (Å²) in [6.45, 7) is 4.36. The van der Waals surface area contributed by atoms with Gasteiger partial charge in [0, 0.05) is 34.5 Å². The van der Waals surface area contributed by atoms with Gasteiger partial charge in [0.15, 0.2) is 0 Å². The number of Topliss-reactive ketones (excluding diaryl/α,β-unsaturated/α-hetero) is 1. The third-order valence-corrected chi connectivity index (χ3v) is 6.74. The number of carbonyl (C=O) groups excluding carboxylic acids is 1. The largest absolute Gasteiger partial charge is 0.395 e. The van der Waals surface area contributed by atoms with Crippen molar-refractivity contribution in [2.24, 2.45) is 5.16 Å². The molecule has 2 aromatic carbocycles. The van der Waals surface area contributed by atoms with E-state index in [0.717, 1.165) is 28.3 Å². The lowest BCUT2D eigenvalue weighted by molar-refractivity contribution is 0.105. The van der Waals surface area contributed by atoms with E-state index < -0.39 is 0 Å². The van der Waals surface area contributed by atoms with Crippen molar-refractivity contribution >= 4 is 34.8 Å². The van der Waals surface area contributed by atoms with E-state index in [1.54, 1.807) is 11.8 Å². The molecule has 0 fully saturated rings. The Morgan fingerprint density at radius 2 is 1.47 bits per heavy atom. The van der Waals surface area contributed by atoms with Gasteiger partial charge >= 0.3 is 0 Å². The Morgan fingerprint density at radius 1 is 0.917 bits per heavy atom. The van der Waals surface area contributed by atoms with E-state index in [1.165, 1.54) is 51.9 Å². The molecule has 0 heterocycles. The topological polar surface area (TPSA) is 94.8 Å². The molecule has 6 nitrogen and oxygen atoms in total. The second-order valence-electron chi connectivity index (χ2n) is 8.89. The number of anilines is 1. The van der Waals surface area contributed by atoms with Crippen LogP contribution in [0.3, 0.4) is 0 Å². The van der Waals surface area contributed by atoms with Crippen LogP contribution in [0.15, 0.2) is 63.5 Å². The third kappa shape index (κ3) is 11.9. The maximum absolute atomic E-state index is 13.1. The number of nitrogens with zero attached hydrogens (tertiary/aromatic N) is 1. The first kappa shape index (κ1) is 29.6. The molecule has 0 saturated carbocycles. The predicted octanol–water partition coefficient (Wildman–Crippen LogP) is 7.72. The Labute approximate surface area is 220 Å². The maximum atomic E-state index is 13.1. The molecule has 2 aromatic rings. The van der Waals surface area contributed by atoms with E-state index in [-0.39, 0.29) is 18.3 Å². The van der Waals surface area contributed by atoms with Crippen LogP contribution >= 0.6 is 11.8 Å². The Balaban J connectivity index is 1.88. The molecule has 0 aliphatic heterocycles. The molecule has 0 atom stereocenters. The number of aliphatic hydroxyl groups excluding tert-OH is 1. The standard InChI is InChI=1S/C29H41N3O3S/c1-3-4-5-6-7-8-9-10-11-12-28(32-35-23(2)30)29(34)24-13-17-26(18-14-24)36-27-19-15-25(16-20-27)31-21-22-33/h13-20,30-31,33H,3-12,21-22H2,1-2H3/b30-23?,32-28+. The van der Waals surface area contributed by atoms with Gasteiger partial charge in [-0.1, -0.05) is 75.2 Å².